The average Bonchev–Trinajstić information content (AvgIpc) is 2.68. The summed E-state index contributed by atoms with van der Waals surface area (Å²) in [5, 5.41) is 8.90. The molecule has 180 valence electrons. The van der Waals surface area contributed by atoms with Crippen LogP contribution in [0.5, 0.6) is 11.5 Å². The molecule has 0 atom stereocenters. The predicted molar refractivity (Wildman–Crippen MR) is 112 cm³/mol. The highest BCUT2D eigenvalue weighted by Gasteiger charge is 2.31. The zero-order valence-corrected chi connectivity index (χ0v) is 20.0. The second-order valence-electron chi connectivity index (χ2n) is 5.96. The Morgan fingerprint density at radius 2 is 1.28 bits per heavy atom. The maximum absolute atomic E-state index is 12.5. The van der Waals surface area contributed by atoms with Gasteiger partial charge in [-0.2, -0.15) is 26.3 Å². The van der Waals surface area contributed by atoms with Gasteiger partial charge < -0.3 is 19.3 Å². The highest BCUT2D eigenvalue weighted by atomic mass is 79.9. The molecule has 1 N–H and O–H groups in total. The maximum Gasteiger partial charge on any atom is 0.416 e. The van der Waals surface area contributed by atoms with Crippen molar-refractivity contribution in [3.63, 3.8) is 0 Å². The number of aromatic hydroxyl groups is 1. The molecule has 0 aromatic heterocycles. The minimum absolute atomic E-state index is 0.0392. The quantitative estimate of drug-likeness (QED) is 0.267. The lowest BCUT2D eigenvalue weighted by molar-refractivity contribution is -0.152. The number of ether oxygens (including phenoxy) is 3. The number of hydrogen-bond donors (Lipinski definition) is 1. The van der Waals surface area contributed by atoms with Crippen LogP contribution < -0.4 is 4.74 Å². The van der Waals surface area contributed by atoms with Gasteiger partial charge in [-0.1, -0.05) is 0 Å². The molecule has 0 spiro atoms. The van der Waals surface area contributed by atoms with E-state index in [1.807, 2.05) is 13.8 Å². The van der Waals surface area contributed by atoms with E-state index in [0.29, 0.717) is 19.0 Å². The summed E-state index contributed by atoms with van der Waals surface area (Å²) in [6.45, 7) is 4.66. The normalized spacial score (nSPS) is 11.8. The van der Waals surface area contributed by atoms with Gasteiger partial charge in [0.15, 0.2) is 6.29 Å². The van der Waals surface area contributed by atoms with Crippen molar-refractivity contribution >= 4 is 31.9 Å². The molecule has 0 fully saturated rings. The zero-order valence-electron chi connectivity index (χ0n) is 16.9. The van der Waals surface area contributed by atoms with Crippen LogP contribution in [-0.4, -0.2) is 31.2 Å². The molecule has 0 aliphatic rings. The Kier molecular flexibility index (Phi) is 11.3. The van der Waals surface area contributed by atoms with Gasteiger partial charge in [0.2, 0.25) is 0 Å². The summed E-state index contributed by atoms with van der Waals surface area (Å²) in [6, 6.07) is 5.85. The summed E-state index contributed by atoms with van der Waals surface area (Å²) in [6.07, 6.45) is -9.28. The van der Waals surface area contributed by atoms with Crippen molar-refractivity contribution in [3.8, 4) is 11.5 Å². The lowest BCUT2D eigenvalue weighted by Gasteiger charge is -2.18. The van der Waals surface area contributed by atoms with Gasteiger partial charge >= 0.3 is 12.4 Å². The van der Waals surface area contributed by atoms with Gasteiger partial charge in [-0.05, 0) is 82.1 Å². The van der Waals surface area contributed by atoms with E-state index in [4.69, 9.17) is 19.3 Å². The molecule has 0 bridgehead atoms. The topological polar surface area (TPSA) is 47.9 Å². The Bertz CT molecular complexity index is 853. The Morgan fingerprint density at radius 1 is 0.812 bits per heavy atom. The fourth-order valence-corrected chi connectivity index (χ4v) is 3.02. The molecule has 0 aliphatic heterocycles. The molecule has 0 aliphatic carbocycles. The molecule has 2 rings (SSSR count). The third kappa shape index (κ3) is 9.55. The molecule has 0 unspecified atom stereocenters. The van der Waals surface area contributed by atoms with Crippen molar-refractivity contribution in [3.05, 3.63) is 56.5 Å². The number of phenols is 1. The number of halogens is 8. The predicted octanol–water partition coefficient (Wildman–Crippen LogP) is 7.42. The van der Waals surface area contributed by atoms with Crippen LogP contribution in [0, 0.1) is 0 Å². The van der Waals surface area contributed by atoms with Crippen LogP contribution in [0.15, 0.2) is 45.3 Å². The van der Waals surface area contributed by atoms with Gasteiger partial charge in [0.1, 0.15) is 18.1 Å². The fraction of sp³-hybridized carbons (Fsp3) is 0.400. The Labute approximate surface area is 197 Å². The molecule has 0 saturated carbocycles. The molecule has 4 nitrogen and oxygen atoms in total. The molecule has 2 aromatic carbocycles. The minimum atomic E-state index is -4.37. The van der Waals surface area contributed by atoms with E-state index < -0.39 is 29.8 Å². The third-order valence-corrected chi connectivity index (χ3v) is 4.87. The number of hydrogen-bond acceptors (Lipinski definition) is 4. The summed E-state index contributed by atoms with van der Waals surface area (Å²) in [7, 11) is 0. The monoisotopic (exact) mass is 596 g/mol. The van der Waals surface area contributed by atoms with E-state index in [1.165, 1.54) is 6.07 Å². The summed E-state index contributed by atoms with van der Waals surface area (Å²) in [5.41, 5.74) is -1.52. The molecule has 12 heteroatoms. The number of rotatable bonds is 7. The fourth-order valence-electron chi connectivity index (χ4n) is 2.15. The van der Waals surface area contributed by atoms with Gasteiger partial charge in [-0.25, -0.2) is 0 Å². The van der Waals surface area contributed by atoms with Crippen molar-refractivity contribution in [2.24, 2.45) is 0 Å². The Morgan fingerprint density at radius 3 is 1.69 bits per heavy atom. The van der Waals surface area contributed by atoms with Gasteiger partial charge in [0.05, 0.1) is 20.1 Å². The van der Waals surface area contributed by atoms with Crippen molar-refractivity contribution in [2.75, 3.05) is 19.8 Å². The smallest absolute Gasteiger partial charge is 0.416 e. The lowest BCUT2D eigenvalue weighted by atomic mass is 10.2. The number of alkyl halides is 6. The largest absolute Gasteiger partial charge is 0.507 e. The first-order valence-electron chi connectivity index (χ1n) is 9.08. The van der Waals surface area contributed by atoms with Gasteiger partial charge in [-0.3, -0.25) is 0 Å². The molecule has 0 radical (unpaired) electrons. The van der Waals surface area contributed by atoms with E-state index in [0.717, 1.165) is 30.3 Å². The summed E-state index contributed by atoms with van der Waals surface area (Å²) < 4.78 is 89.8. The molecule has 0 heterocycles. The first-order chi connectivity index (χ1) is 14.8. The zero-order chi connectivity index (χ0) is 24.5. The SMILES string of the molecule is CCOC(COc1ccc(C(F)(F)F)cc1Br)OCC.Oc1ccc(C(F)(F)F)cc1Br. The van der Waals surface area contributed by atoms with Crippen molar-refractivity contribution in [2.45, 2.75) is 32.5 Å². The maximum atomic E-state index is 12.5. The molecule has 32 heavy (non-hydrogen) atoms. The van der Waals surface area contributed by atoms with Crippen LogP contribution in [-0.2, 0) is 21.8 Å². The molecule has 0 amide bonds. The lowest BCUT2D eigenvalue weighted by Crippen LogP contribution is -2.25. The first kappa shape index (κ1) is 28.5. The van der Waals surface area contributed by atoms with Gasteiger partial charge in [-0.15, -0.1) is 0 Å². The van der Waals surface area contributed by atoms with Crippen LogP contribution in [0.3, 0.4) is 0 Å². The van der Waals surface area contributed by atoms with E-state index in [9.17, 15) is 26.3 Å². The van der Waals surface area contributed by atoms with Gasteiger partial charge in [0.25, 0.3) is 0 Å². The number of benzene rings is 2. The molecule has 0 saturated heterocycles. The van der Waals surface area contributed by atoms with Crippen LogP contribution >= 0.6 is 31.9 Å². The average molecular weight is 598 g/mol. The molecular weight excluding hydrogens is 578 g/mol. The van der Waals surface area contributed by atoms with E-state index in [2.05, 4.69) is 31.9 Å². The molecular formula is C20H20Br2F6O4. The molecule has 2 aromatic rings. The highest BCUT2D eigenvalue weighted by molar-refractivity contribution is 9.10. The van der Waals surface area contributed by atoms with Crippen LogP contribution in [0.25, 0.3) is 0 Å². The van der Waals surface area contributed by atoms with Crippen LogP contribution in [0.1, 0.15) is 25.0 Å². The third-order valence-electron chi connectivity index (χ3n) is 3.61. The van der Waals surface area contributed by atoms with E-state index >= 15 is 0 Å². The summed E-state index contributed by atoms with van der Waals surface area (Å²) in [4.78, 5) is 0. The van der Waals surface area contributed by atoms with Crippen molar-refractivity contribution < 1.29 is 45.7 Å². The van der Waals surface area contributed by atoms with E-state index in [-0.39, 0.29) is 21.3 Å². The first-order valence-corrected chi connectivity index (χ1v) is 10.7. The minimum Gasteiger partial charge on any atom is -0.507 e. The van der Waals surface area contributed by atoms with Crippen LogP contribution in [0.2, 0.25) is 0 Å². The Hall–Kier alpha value is -1.50. The summed E-state index contributed by atoms with van der Waals surface area (Å²) in [5.74, 6) is 0.102. The number of phenolic OH excluding ortho intramolecular Hbond substituents is 1. The van der Waals surface area contributed by atoms with Crippen molar-refractivity contribution in [1.29, 1.82) is 0 Å². The second kappa shape index (κ2) is 12.7. The highest BCUT2D eigenvalue weighted by Crippen LogP contribution is 2.35. The van der Waals surface area contributed by atoms with Crippen molar-refractivity contribution in [1.82, 2.24) is 0 Å². The standard InChI is InChI=1S/C13H16BrF3O3.C7H4BrF3O/c1-3-18-12(19-4-2)8-20-11-6-5-9(7-10(11)14)13(15,16)17;8-5-3-4(7(9,10)11)1-2-6(5)12/h5-7,12H,3-4,8H2,1-2H3;1-3,12H. The summed E-state index contributed by atoms with van der Waals surface area (Å²) >= 11 is 5.85. The Balaban J connectivity index is 0.000000363. The van der Waals surface area contributed by atoms with Gasteiger partial charge in [0, 0.05) is 13.2 Å². The second-order valence-corrected chi connectivity index (χ2v) is 7.67. The van der Waals surface area contributed by atoms with E-state index in [1.54, 1.807) is 0 Å². The van der Waals surface area contributed by atoms with Crippen LogP contribution in [0.4, 0.5) is 26.3 Å².